The monoisotopic (exact) mass is 321 g/mol. The van der Waals surface area contributed by atoms with Crippen LogP contribution in [0, 0.1) is 6.92 Å². The number of aryl methyl sites for hydroxylation is 1. The highest BCUT2D eigenvalue weighted by molar-refractivity contribution is 5.89. The van der Waals surface area contributed by atoms with E-state index in [9.17, 15) is 4.79 Å². The summed E-state index contributed by atoms with van der Waals surface area (Å²) in [7, 11) is 0. The Morgan fingerprint density at radius 3 is 2.00 bits per heavy atom. The summed E-state index contributed by atoms with van der Waals surface area (Å²) < 4.78 is 0. The third-order valence-corrected chi connectivity index (χ3v) is 4.56. The third kappa shape index (κ3) is 3.92. The fourth-order valence-corrected chi connectivity index (χ4v) is 3.11. The molecule has 1 heterocycles. The van der Waals surface area contributed by atoms with E-state index >= 15 is 0 Å². The number of carboxylic acids is 1. The number of carboxylic acid groups (broad SMARTS) is 1. The second-order valence-electron chi connectivity index (χ2n) is 6.37. The Balaban J connectivity index is 1.92. The minimum absolute atomic E-state index is 0.321. The Kier molecular flexibility index (Phi) is 5.11. The molecule has 124 valence electrons. The van der Waals surface area contributed by atoms with Crippen LogP contribution in [-0.4, -0.2) is 35.6 Å². The van der Waals surface area contributed by atoms with Gasteiger partial charge in [0.25, 0.3) is 0 Å². The molecule has 3 nitrogen and oxygen atoms in total. The van der Waals surface area contributed by atoms with Gasteiger partial charge in [-0.15, -0.1) is 0 Å². The smallest absolute Gasteiger partial charge is 0.335 e. The van der Waals surface area contributed by atoms with Gasteiger partial charge < -0.3 is 5.11 Å². The lowest BCUT2D eigenvalue weighted by atomic mass is 9.96. The molecule has 24 heavy (non-hydrogen) atoms. The molecule has 2 aromatic rings. The number of likely N-dealkylation sites (tertiary alicyclic amines) is 1. The van der Waals surface area contributed by atoms with Crippen molar-refractivity contribution in [1.29, 1.82) is 0 Å². The number of aromatic carboxylic acids is 1. The second-order valence-corrected chi connectivity index (χ2v) is 6.37. The van der Waals surface area contributed by atoms with Crippen molar-refractivity contribution in [2.24, 2.45) is 0 Å². The van der Waals surface area contributed by atoms with Crippen molar-refractivity contribution in [1.82, 2.24) is 4.90 Å². The quantitative estimate of drug-likeness (QED) is 0.896. The number of hydrogen-bond donors (Lipinski definition) is 1. The van der Waals surface area contributed by atoms with Crippen molar-refractivity contribution in [3.63, 3.8) is 0 Å². The minimum Gasteiger partial charge on any atom is -0.478 e. The average molecular weight is 321 g/mol. The lowest BCUT2D eigenvalue weighted by Gasteiger charge is -2.15. The number of carbonyl (C=O) groups is 1. The summed E-state index contributed by atoms with van der Waals surface area (Å²) in [5, 5.41) is 9.09. The maximum atomic E-state index is 11.1. The first-order valence-electron chi connectivity index (χ1n) is 8.47. The van der Waals surface area contributed by atoms with E-state index in [0.29, 0.717) is 5.56 Å². The molecule has 0 aromatic heterocycles. The van der Waals surface area contributed by atoms with Crippen LogP contribution in [-0.2, 0) is 0 Å². The zero-order valence-corrected chi connectivity index (χ0v) is 14.0. The summed E-state index contributed by atoms with van der Waals surface area (Å²) in [4.78, 5) is 13.5. The summed E-state index contributed by atoms with van der Waals surface area (Å²) in [6.07, 6.45) is 4.83. The number of hydrogen-bond acceptors (Lipinski definition) is 2. The second kappa shape index (κ2) is 7.45. The van der Waals surface area contributed by atoms with Crippen LogP contribution in [0.3, 0.4) is 0 Å². The van der Waals surface area contributed by atoms with E-state index in [1.807, 2.05) is 12.1 Å². The SMILES string of the molecule is Cc1ccc(/C(=C/CN2CCCC2)c2ccc(C(=O)O)cc2)cc1. The summed E-state index contributed by atoms with van der Waals surface area (Å²) in [5.74, 6) is -0.889. The Morgan fingerprint density at radius 1 is 0.958 bits per heavy atom. The molecule has 1 fully saturated rings. The van der Waals surface area contributed by atoms with E-state index in [1.54, 1.807) is 12.1 Å². The largest absolute Gasteiger partial charge is 0.478 e. The predicted octanol–water partition coefficient (Wildman–Crippen LogP) is 4.22. The van der Waals surface area contributed by atoms with E-state index < -0.39 is 5.97 Å². The fourth-order valence-electron chi connectivity index (χ4n) is 3.11. The van der Waals surface area contributed by atoms with Crippen LogP contribution in [0.15, 0.2) is 54.6 Å². The highest BCUT2D eigenvalue weighted by Crippen LogP contribution is 2.25. The van der Waals surface area contributed by atoms with Crippen molar-refractivity contribution in [2.45, 2.75) is 19.8 Å². The van der Waals surface area contributed by atoms with Crippen LogP contribution in [0.4, 0.5) is 0 Å². The summed E-state index contributed by atoms with van der Waals surface area (Å²) in [6, 6.07) is 15.7. The molecule has 1 N–H and O–H groups in total. The molecule has 0 saturated carbocycles. The third-order valence-electron chi connectivity index (χ3n) is 4.56. The maximum Gasteiger partial charge on any atom is 0.335 e. The zero-order valence-electron chi connectivity index (χ0n) is 14.0. The van der Waals surface area contributed by atoms with Crippen LogP contribution in [0.5, 0.6) is 0 Å². The molecule has 0 amide bonds. The standard InChI is InChI=1S/C21H23NO2/c1-16-4-6-17(7-5-16)20(12-15-22-13-2-3-14-22)18-8-10-19(11-9-18)21(23)24/h4-12H,2-3,13-15H2,1H3,(H,23,24)/b20-12-. The van der Waals surface area contributed by atoms with E-state index in [4.69, 9.17) is 5.11 Å². The molecule has 1 aliphatic heterocycles. The molecule has 0 bridgehead atoms. The van der Waals surface area contributed by atoms with Crippen molar-refractivity contribution in [3.8, 4) is 0 Å². The Morgan fingerprint density at radius 2 is 1.46 bits per heavy atom. The first-order chi connectivity index (χ1) is 11.6. The van der Waals surface area contributed by atoms with Crippen LogP contribution >= 0.6 is 0 Å². The molecule has 1 saturated heterocycles. The van der Waals surface area contributed by atoms with E-state index in [2.05, 4.69) is 42.2 Å². The van der Waals surface area contributed by atoms with E-state index in [-0.39, 0.29) is 0 Å². The normalized spacial score (nSPS) is 15.6. The highest BCUT2D eigenvalue weighted by atomic mass is 16.4. The van der Waals surface area contributed by atoms with Gasteiger partial charge in [-0.1, -0.05) is 48.0 Å². The maximum absolute atomic E-state index is 11.1. The van der Waals surface area contributed by atoms with Gasteiger partial charge in [0.1, 0.15) is 0 Å². The number of rotatable bonds is 5. The zero-order chi connectivity index (χ0) is 16.9. The first-order valence-corrected chi connectivity index (χ1v) is 8.47. The van der Waals surface area contributed by atoms with Crippen molar-refractivity contribution in [2.75, 3.05) is 19.6 Å². The van der Waals surface area contributed by atoms with E-state index in [1.165, 1.54) is 29.5 Å². The van der Waals surface area contributed by atoms with Crippen molar-refractivity contribution in [3.05, 3.63) is 76.9 Å². The van der Waals surface area contributed by atoms with Gasteiger partial charge in [0.15, 0.2) is 0 Å². The predicted molar refractivity (Wildman–Crippen MR) is 97.3 cm³/mol. The Labute approximate surface area is 143 Å². The van der Waals surface area contributed by atoms with Crippen LogP contribution in [0.25, 0.3) is 5.57 Å². The van der Waals surface area contributed by atoms with Gasteiger partial charge in [0, 0.05) is 6.54 Å². The molecule has 0 aliphatic carbocycles. The molecule has 0 unspecified atom stereocenters. The molecular weight excluding hydrogens is 298 g/mol. The van der Waals surface area contributed by atoms with Crippen molar-refractivity contribution < 1.29 is 9.90 Å². The van der Waals surface area contributed by atoms with Gasteiger partial charge >= 0.3 is 5.97 Å². The molecule has 0 spiro atoms. The first kappa shape index (κ1) is 16.5. The van der Waals surface area contributed by atoms with Gasteiger partial charge in [-0.05, 0) is 61.7 Å². The van der Waals surface area contributed by atoms with Crippen LogP contribution < -0.4 is 0 Å². The lowest BCUT2D eigenvalue weighted by molar-refractivity contribution is 0.0697. The molecule has 3 rings (SSSR count). The Hall–Kier alpha value is -2.39. The average Bonchev–Trinajstić information content (AvgIpc) is 3.10. The Bertz CT molecular complexity index is 723. The summed E-state index contributed by atoms with van der Waals surface area (Å²) >= 11 is 0. The minimum atomic E-state index is -0.889. The molecule has 0 atom stereocenters. The van der Waals surface area contributed by atoms with Gasteiger partial charge in [-0.3, -0.25) is 4.90 Å². The van der Waals surface area contributed by atoms with Crippen molar-refractivity contribution >= 4 is 11.5 Å². The van der Waals surface area contributed by atoms with Crippen LogP contribution in [0.2, 0.25) is 0 Å². The fraction of sp³-hybridized carbons (Fsp3) is 0.286. The van der Waals surface area contributed by atoms with Gasteiger partial charge in [0.2, 0.25) is 0 Å². The molecular formula is C21H23NO2. The number of benzene rings is 2. The number of nitrogens with zero attached hydrogens (tertiary/aromatic N) is 1. The van der Waals surface area contributed by atoms with Crippen LogP contribution in [0.1, 0.15) is 39.9 Å². The summed E-state index contributed by atoms with van der Waals surface area (Å²) in [6.45, 7) is 5.34. The lowest BCUT2D eigenvalue weighted by Crippen LogP contribution is -2.19. The van der Waals surface area contributed by atoms with Gasteiger partial charge in [0.05, 0.1) is 5.56 Å². The molecule has 0 radical (unpaired) electrons. The molecule has 3 heteroatoms. The highest BCUT2D eigenvalue weighted by Gasteiger charge is 2.12. The molecule has 1 aliphatic rings. The molecule has 2 aromatic carbocycles. The van der Waals surface area contributed by atoms with Gasteiger partial charge in [-0.2, -0.15) is 0 Å². The van der Waals surface area contributed by atoms with Gasteiger partial charge in [-0.25, -0.2) is 4.79 Å². The summed E-state index contributed by atoms with van der Waals surface area (Å²) in [5.41, 5.74) is 4.95. The topological polar surface area (TPSA) is 40.5 Å². The van der Waals surface area contributed by atoms with E-state index in [0.717, 1.165) is 25.2 Å².